The number of rotatable bonds is 4. The van der Waals surface area contributed by atoms with E-state index >= 15 is 0 Å². The largest absolute Gasteiger partial charge is 0.278 e. The first-order valence-electron chi connectivity index (χ1n) is 20.5. The van der Waals surface area contributed by atoms with Crippen molar-refractivity contribution in [3.8, 4) is 40.0 Å². The summed E-state index contributed by atoms with van der Waals surface area (Å²) in [6.45, 7) is 0. The van der Waals surface area contributed by atoms with Crippen molar-refractivity contribution in [3.05, 3.63) is 194 Å². The predicted octanol–water partition coefficient (Wildman–Crippen LogP) is 13.7. The lowest BCUT2D eigenvalue weighted by molar-refractivity contribution is 0.954. The smallest absolute Gasteiger partial charge is 0.238 e. The third-order valence-corrected chi connectivity index (χ3v) is 12.2. The Morgan fingerprint density at radius 2 is 0.803 bits per heavy atom. The van der Waals surface area contributed by atoms with Gasteiger partial charge in [-0.05, 0) is 85.6 Å². The molecule has 4 aromatic heterocycles. The Kier molecular flexibility index (Phi) is 7.21. The highest BCUT2D eigenvalue weighted by Gasteiger charge is 2.21. The molecule has 0 unspecified atom stereocenters. The number of aromatic nitrogens is 6. The molecule has 4 heterocycles. The molecule has 9 aromatic carbocycles. The zero-order valence-corrected chi connectivity index (χ0v) is 32.7. The highest BCUT2D eigenvalue weighted by Crippen LogP contribution is 2.42. The van der Waals surface area contributed by atoms with Gasteiger partial charge < -0.3 is 0 Å². The molecule has 0 aliphatic rings. The number of benzene rings is 9. The molecule has 0 aliphatic heterocycles. The van der Waals surface area contributed by atoms with Gasteiger partial charge in [-0.1, -0.05) is 146 Å². The van der Waals surface area contributed by atoms with Crippen LogP contribution in [0.1, 0.15) is 0 Å². The predicted molar refractivity (Wildman–Crippen MR) is 251 cm³/mol. The second-order valence-corrected chi connectivity index (χ2v) is 15.6. The molecule has 0 spiro atoms. The summed E-state index contributed by atoms with van der Waals surface area (Å²) in [6, 6.07) is 66.1. The summed E-state index contributed by atoms with van der Waals surface area (Å²) < 4.78 is 2.22. The molecule has 0 amide bonds. The van der Waals surface area contributed by atoms with Crippen LogP contribution in [-0.2, 0) is 0 Å². The third kappa shape index (κ3) is 5.12. The molecule has 0 aliphatic carbocycles. The number of pyridine rings is 2. The lowest BCUT2D eigenvalue weighted by Gasteiger charge is -2.13. The monoisotopic (exact) mass is 776 g/mol. The molecular formula is C55H32N6. The molecule has 0 radical (unpaired) electrons. The van der Waals surface area contributed by atoms with E-state index in [1.807, 2.05) is 48.7 Å². The van der Waals surface area contributed by atoms with E-state index in [2.05, 4.69) is 150 Å². The van der Waals surface area contributed by atoms with Gasteiger partial charge in [0.1, 0.15) is 0 Å². The number of hydrogen-bond acceptors (Lipinski definition) is 5. The average molecular weight is 777 g/mol. The van der Waals surface area contributed by atoms with Crippen LogP contribution in [0.25, 0.3) is 127 Å². The standard InChI is InChI=1S/C55H32N6/c1-3-14-33(15-4-1)53-58-54(34-16-5-2-6-17-34)60-55(59-53)61-49-28-25-35(48-27-26-43-39-21-10-9-20-38(39)42-24-13-29-56-51(42)52(43)57-48)30-46(49)47-31-44-40-22-11-7-18-36(40)37-19-8-12-23-41(37)45(44)32-50(47)61/h1-32H. The minimum atomic E-state index is 0.554. The van der Waals surface area contributed by atoms with Crippen LogP contribution in [0.15, 0.2) is 194 Å². The Labute approximate surface area is 349 Å². The van der Waals surface area contributed by atoms with Crippen molar-refractivity contribution in [2.24, 2.45) is 0 Å². The fourth-order valence-electron chi connectivity index (χ4n) is 9.47. The number of nitrogens with zero attached hydrogens (tertiary/aromatic N) is 6. The van der Waals surface area contributed by atoms with Crippen molar-refractivity contribution in [2.75, 3.05) is 0 Å². The van der Waals surface area contributed by atoms with E-state index in [0.717, 1.165) is 66.0 Å². The minimum absolute atomic E-state index is 0.554. The maximum absolute atomic E-state index is 5.39. The second kappa shape index (κ2) is 13.1. The van der Waals surface area contributed by atoms with Gasteiger partial charge in [0.05, 0.1) is 27.8 Å². The van der Waals surface area contributed by atoms with E-state index in [1.165, 1.54) is 43.1 Å². The Morgan fingerprint density at radius 3 is 1.43 bits per heavy atom. The van der Waals surface area contributed by atoms with Gasteiger partial charge in [0.2, 0.25) is 5.95 Å². The fraction of sp³-hybridized carbons (Fsp3) is 0. The lowest BCUT2D eigenvalue weighted by Crippen LogP contribution is -2.06. The molecule has 6 heteroatoms. The van der Waals surface area contributed by atoms with Crippen LogP contribution in [0, 0.1) is 0 Å². The van der Waals surface area contributed by atoms with E-state index in [-0.39, 0.29) is 0 Å². The normalized spacial score (nSPS) is 11.9. The molecule has 0 N–H and O–H groups in total. The molecule has 0 atom stereocenters. The average Bonchev–Trinajstić information content (AvgIpc) is 3.66. The molecular weight excluding hydrogens is 745 g/mol. The summed E-state index contributed by atoms with van der Waals surface area (Å²) in [5.41, 5.74) is 7.54. The van der Waals surface area contributed by atoms with Crippen LogP contribution < -0.4 is 0 Å². The summed E-state index contributed by atoms with van der Waals surface area (Å²) in [5, 5.41) is 14.0. The first kappa shape index (κ1) is 33.6. The van der Waals surface area contributed by atoms with Crippen LogP contribution in [0.2, 0.25) is 0 Å². The molecule has 0 saturated heterocycles. The van der Waals surface area contributed by atoms with Gasteiger partial charge in [-0.3, -0.25) is 9.55 Å². The Morgan fingerprint density at radius 1 is 0.295 bits per heavy atom. The first-order chi connectivity index (χ1) is 30.2. The Hall–Kier alpha value is -8.35. The van der Waals surface area contributed by atoms with Gasteiger partial charge >= 0.3 is 0 Å². The van der Waals surface area contributed by atoms with Crippen molar-refractivity contribution in [3.63, 3.8) is 0 Å². The van der Waals surface area contributed by atoms with Gasteiger partial charge in [0.15, 0.2) is 11.6 Å². The second-order valence-electron chi connectivity index (χ2n) is 15.6. The summed E-state index contributed by atoms with van der Waals surface area (Å²) in [4.78, 5) is 25.8. The highest BCUT2D eigenvalue weighted by molar-refractivity contribution is 6.29. The molecule has 0 fully saturated rings. The van der Waals surface area contributed by atoms with E-state index < -0.39 is 0 Å². The zero-order chi connectivity index (χ0) is 40.0. The molecule has 0 saturated carbocycles. The molecule has 6 nitrogen and oxygen atoms in total. The molecule has 13 rings (SSSR count). The Balaban J connectivity index is 1.13. The van der Waals surface area contributed by atoms with Crippen LogP contribution >= 0.6 is 0 Å². The third-order valence-electron chi connectivity index (χ3n) is 12.2. The van der Waals surface area contributed by atoms with Gasteiger partial charge in [0, 0.05) is 44.4 Å². The van der Waals surface area contributed by atoms with Crippen LogP contribution in [0.4, 0.5) is 0 Å². The topological polar surface area (TPSA) is 69.4 Å². The van der Waals surface area contributed by atoms with Gasteiger partial charge in [0.25, 0.3) is 0 Å². The maximum Gasteiger partial charge on any atom is 0.238 e. The quantitative estimate of drug-likeness (QED) is 0.167. The number of fused-ring (bicyclic) bond motifs is 15. The van der Waals surface area contributed by atoms with Crippen molar-refractivity contribution >= 4 is 86.7 Å². The molecule has 13 aromatic rings. The van der Waals surface area contributed by atoms with Gasteiger partial charge in [-0.15, -0.1) is 0 Å². The van der Waals surface area contributed by atoms with Crippen LogP contribution in [-0.4, -0.2) is 29.5 Å². The first-order valence-corrected chi connectivity index (χ1v) is 20.5. The molecule has 0 bridgehead atoms. The van der Waals surface area contributed by atoms with Crippen molar-refractivity contribution in [2.45, 2.75) is 0 Å². The summed E-state index contributed by atoms with van der Waals surface area (Å²) in [7, 11) is 0. The van der Waals surface area contributed by atoms with E-state index in [1.54, 1.807) is 0 Å². The van der Waals surface area contributed by atoms with Crippen LogP contribution in [0.3, 0.4) is 0 Å². The highest BCUT2D eigenvalue weighted by atomic mass is 15.2. The van der Waals surface area contributed by atoms with E-state index in [0.29, 0.717) is 17.6 Å². The van der Waals surface area contributed by atoms with Gasteiger partial charge in [-0.25, -0.2) is 9.97 Å². The molecule has 282 valence electrons. The SMILES string of the molecule is c1ccc(-c2nc(-c3ccccc3)nc(-n3c4ccc(-c5ccc6c7ccccc7c7cccnc7c6n5)cc4c4cc5c6ccccc6c6ccccc6c5cc43)n2)cc1. The lowest BCUT2D eigenvalue weighted by atomic mass is 9.93. The van der Waals surface area contributed by atoms with Crippen LogP contribution in [0.5, 0.6) is 0 Å². The van der Waals surface area contributed by atoms with E-state index in [4.69, 9.17) is 24.9 Å². The number of hydrogen-bond donors (Lipinski definition) is 0. The molecule has 61 heavy (non-hydrogen) atoms. The Bertz CT molecular complexity index is 3840. The minimum Gasteiger partial charge on any atom is -0.278 e. The summed E-state index contributed by atoms with van der Waals surface area (Å²) in [6.07, 6.45) is 1.86. The maximum atomic E-state index is 5.39. The fourth-order valence-corrected chi connectivity index (χ4v) is 9.47. The van der Waals surface area contributed by atoms with Crippen molar-refractivity contribution in [1.82, 2.24) is 29.5 Å². The van der Waals surface area contributed by atoms with Crippen molar-refractivity contribution in [1.29, 1.82) is 0 Å². The zero-order valence-electron chi connectivity index (χ0n) is 32.7. The van der Waals surface area contributed by atoms with E-state index in [9.17, 15) is 0 Å². The summed E-state index contributed by atoms with van der Waals surface area (Å²) >= 11 is 0. The summed E-state index contributed by atoms with van der Waals surface area (Å²) in [5.74, 6) is 1.78. The van der Waals surface area contributed by atoms with Gasteiger partial charge in [-0.2, -0.15) is 9.97 Å². The van der Waals surface area contributed by atoms with Crippen molar-refractivity contribution < 1.29 is 0 Å².